The van der Waals surface area contributed by atoms with Crippen molar-refractivity contribution in [2.24, 2.45) is 0 Å². The zero-order valence-corrected chi connectivity index (χ0v) is 11.4. The number of ether oxygens (including phenoxy) is 1. The first kappa shape index (κ1) is 12.4. The maximum atomic E-state index is 12.5. The van der Waals surface area contributed by atoms with Crippen LogP contribution in [0.25, 0.3) is 11.0 Å². The second-order valence-electron chi connectivity index (χ2n) is 5.13. The van der Waals surface area contributed by atoms with Crippen LogP contribution in [0.2, 0.25) is 5.02 Å². The molecule has 0 saturated carbocycles. The number of hydrogen-bond acceptors (Lipinski definition) is 4. The van der Waals surface area contributed by atoms with Gasteiger partial charge in [-0.15, -0.1) is 5.10 Å². The number of carbonyl (C=O) groups is 1. The molecular formula is C12H13ClN4O2. The van der Waals surface area contributed by atoms with Crippen LogP contribution in [0.5, 0.6) is 0 Å². The molecule has 100 valence electrons. The Bertz CT molecular complexity index is 652. The third-order valence-corrected chi connectivity index (χ3v) is 3.46. The highest BCUT2D eigenvalue weighted by Gasteiger charge is 2.38. The van der Waals surface area contributed by atoms with Crippen LogP contribution in [0.3, 0.4) is 0 Å². The molecule has 1 aliphatic rings. The number of amides is 1. The standard InChI is InChI=1S/C12H13ClN4O2/c1-12(2)6-19-7-16(12)11(18)17-10-4-3-8(13)5-9(10)14-15-17/h3-5H,6-7H2,1-2H3. The Morgan fingerprint density at radius 2 is 2.26 bits per heavy atom. The van der Waals surface area contributed by atoms with Crippen LogP contribution >= 0.6 is 11.6 Å². The molecule has 1 saturated heterocycles. The molecule has 1 aromatic heterocycles. The van der Waals surface area contributed by atoms with E-state index in [0.29, 0.717) is 22.7 Å². The van der Waals surface area contributed by atoms with Crippen molar-refractivity contribution in [1.82, 2.24) is 19.9 Å². The van der Waals surface area contributed by atoms with Gasteiger partial charge in [0, 0.05) is 5.02 Å². The number of fused-ring (bicyclic) bond motifs is 1. The Balaban J connectivity index is 2.03. The summed E-state index contributed by atoms with van der Waals surface area (Å²) in [4.78, 5) is 14.1. The molecule has 1 aliphatic heterocycles. The maximum absolute atomic E-state index is 12.5. The number of benzene rings is 1. The van der Waals surface area contributed by atoms with Crippen molar-refractivity contribution in [3.8, 4) is 0 Å². The van der Waals surface area contributed by atoms with Crippen molar-refractivity contribution < 1.29 is 9.53 Å². The summed E-state index contributed by atoms with van der Waals surface area (Å²) in [6.07, 6.45) is 0. The number of halogens is 1. The lowest BCUT2D eigenvalue weighted by molar-refractivity contribution is 0.138. The summed E-state index contributed by atoms with van der Waals surface area (Å²) in [6, 6.07) is 4.88. The predicted molar refractivity (Wildman–Crippen MR) is 70.1 cm³/mol. The average Bonchev–Trinajstić information content (AvgIpc) is 2.90. The Kier molecular flexibility index (Phi) is 2.72. The predicted octanol–water partition coefficient (Wildman–Crippen LogP) is 2.12. The fourth-order valence-corrected chi connectivity index (χ4v) is 2.27. The number of carbonyl (C=O) groups excluding carboxylic acids is 1. The van der Waals surface area contributed by atoms with E-state index in [1.54, 1.807) is 23.1 Å². The monoisotopic (exact) mass is 280 g/mol. The quantitative estimate of drug-likeness (QED) is 0.742. The van der Waals surface area contributed by atoms with Gasteiger partial charge in [0.15, 0.2) is 0 Å². The molecule has 3 rings (SSSR count). The molecule has 2 aromatic rings. The molecule has 0 radical (unpaired) electrons. The Morgan fingerprint density at radius 1 is 1.47 bits per heavy atom. The first-order valence-corrected chi connectivity index (χ1v) is 6.27. The van der Waals surface area contributed by atoms with Gasteiger partial charge in [-0.1, -0.05) is 16.8 Å². The van der Waals surface area contributed by atoms with E-state index in [1.807, 2.05) is 13.8 Å². The molecule has 0 unspecified atom stereocenters. The molecule has 0 bridgehead atoms. The minimum atomic E-state index is -0.345. The second kappa shape index (κ2) is 4.18. The van der Waals surface area contributed by atoms with E-state index in [4.69, 9.17) is 16.3 Å². The minimum absolute atomic E-state index is 0.243. The number of nitrogens with zero attached hydrogens (tertiary/aromatic N) is 4. The van der Waals surface area contributed by atoms with Crippen LogP contribution in [0.15, 0.2) is 18.2 Å². The van der Waals surface area contributed by atoms with E-state index in [9.17, 15) is 4.79 Å². The van der Waals surface area contributed by atoms with E-state index in [-0.39, 0.29) is 18.3 Å². The summed E-state index contributed by atoms with van der Waals surface area (Å²) in [5.41, 5.74) is 0.887. The summed E-state index contributed by atoms with van der Waals surface area (Å²) < 4.78 is 6.63. The summed E-state index contributed by atoms with van der Waals surface area (Å²) in [5, 5.41) is 8.43. The van der Waals surface area contributed by atoms with Crippen molar-refractivity contribution in [2.75, 3.05) is 13.3 Å². The van der Waals surface area contributed by atoms with Gasteiger partial charge < -0.3 is 4.74 Å². The molecule has 1 fully saturated rings. The SMILES string of the molecule is CC1(C)COCN1C(=O)n1nnc2cc(Cl)ccc21. The van der Waals surface area contributed by atoms with Crippen molar-refractivity contribution in [3.05, 3.63) is 23.2 Å². The Morgan fingerprint density at radius 3 is 2.95 bits per heavy atom. The highest BCUT2D eigenvalue weighted by atomic mass is 35.5. The highest BCUT2D eigenvalue weighted by molar-refractivity contribution is 6.31. The first-order chi connectivity index (χ1) is 8.99. The van der Waals surface area contributed by atoms with Crippen molar-refractivity contribution in [2.45, 2.75) is 19.4 Å². The van der Waals surface area contributed by atoms with E-state index < -0.39 is 0 Å². The molecule has 1 aromatic carbocycles. The normalized spacial score (nSPS) is 18.2. The van der Waals surface area contributed by atoms with Crippen molar-refractivity contribution in [3.63, 3.8) is 0 Å². The molecule has 0 N–H and O–H groups in total. The van der Waals surface area contributed by atoms with Gasteiger partial charge in [-0.25, -0.2) is 4.79 Å². The lowest BCUT2D eigenvalue weighted by Gasteiger charge is -2.28. The third-order valence-electron chi connectivity index (χ3n) is 3.23. The van der Waals surface area contributed by atoms with Gasteiger partial charge in [-0.2, -0.15) is 4.68 Å². The fourth-order valence-electron chi connectivity index (χ4n) is 2.11. The third kappa shape index (κ3) is 1.97. The summed E-state index contributed by atoms with van der Waals surface area (Å²) in [6.45, 7) is 4.68. The van der Waals surface area contributed by atoms with Crippen LogP contribution in [0.4, 0.5) is 4.79 Å². The van der Waals surface area contributed by atoms with Crippen molar-refractivity contribution >= 4 is 28.7 Å². The Labute approximate surface area is 114 Å². The number of hydrogen-bond donors (Lipinski definition) is 0. The molecule has 7 heteroatoms. The van der Waals surface area contributed by atoms with Crippen LogP contribution in [0.1, 0.15) is 13.8 Å². The van der Waals surface area contributed by atoms with E-state index >= 15 is 0 Å². The molecule has 2 heterocycles. The van der Waals surface area contributed by atoms with Crippen molar-refractivity contribution in [1.29, 1.82) is 0 Å². The largest absolute Gasteiger partial charge is 0.359 e. The molecular weight excluding hydrogens is 268 g/mol. The topological polar surface area (TPSA) is 60.2 Å². The zero-order valence-electron chi connectivity index (χ0n) is 10.6. The minimum Gasteiger partial charge on any atom is -0.359 e. The van der Waals surface area contributed by atoms with Gasteiger partial charge in [-0.05, 0) is 32.0 Å². The molecule has 1 amide bonds. The van der Waals surface area contributed by atoms with Crippen LogP contribution in [0, 0.1) is 0 Å². The molecule has 0 spiro atoms. The molecule has 19 heavy (non-hydrogen) atoms. The van der Waals surface area contributed by atoms with Gasteiger partial charge in [0.25, 0.3) is 0 Å². The summed E-state index contributed by atoms with van der Waals surface area (Å²) in [7, 11) is 0. The maximum Gasteiger partial charge on any atom is 0.349 e. The van der Waals surface area contributed by atoms with Gasteiger partial charge in [0.2, 0.25) is 0 Å². The molecule has 6 nitrogen and oxygen atoms in total. The lowest BCUT2D eigenvalue weighted by atomic mass is 10.1. The highest BCUT2D eigenvalue weighted by Crippen LogP contribution is 2.24. The number of rotatable bonds is 0. The van der Waals surface area contributed by atoms with Gasteiger partial charge in [-0.3, -0.25) is 4.90 Å². The number of aromatic nitrogens is 3. The van der Waals surface area contributed by atoms with Gasteiger partial charge in [0.05, 0.1) is 17.7 Å². The van der Waals surface area contributed by atoms with E-state index in [2.05, 4.69) is 10.3 Å². The molecule has 0 atom stereocenters. The lowest BCUT2D eigenvalue weighted by Crippen LogP contribution is -2.46. The summed E-state index contributed by atoms with van der Waals surface area (Å²) in [5.74, 6) is 0. The smallest absolute Gasteiger partial charge is 0.349 e. The first-order valence-electron chi connectivity index (χ1n) is 5.90. The van der Waals surface area contributed by atoms with Gasteiger partial charge >= 0.3 is 6.03 Å². The molecule has 0 aliphatic carbocycles. The fraction of sp³-hybridized carbons (Fsp3) is 0.417. The summed E-state index contributed by atoms with van der Waals surface area (Å²) >= 11 is 5.89. The van der Waals surface area contributed by atoms with E-state index in [0.717, 1.165) is 0 Å². The van der Waals surface area contributed by atoms with Crippen LogP contribution in [-0.2, 0) is 4.74 Å². The van der Waals surface area contributed by atoms with Gasteiger partial charge in [0.1, 0.15) is 12.2 Å². The van der Waals surface area contributed by atoms with Crippen LogP contribution in [-0.4, -0.2) is 44.8 Å². The van der Waals surface area contributed by atoms with E-state index in [1.165, 1.54) is 4.68 Å². The zero-order chi connectivity index (χ0) is 13.6. The average molecular weight is 281 g/mol. The second-order valence-corrected chi connectivity index (χ2v) is 5.57. The Hall–Kier alpha value is -1.66. The van der Waals surface area contributed by atoms with Crippen LogP contribution < -0.4 is 0 Å².